The topological polar surface area (TPSA) is 35.8 Å². The summed E-state index contributed by atoms with van der Waals surface area (Å²) < 4.78 is 0. The van der Waals surface area contributed by atoms with Crippen molar-refractivity contribution in [3.63, 3.8) is 0 Å². The van der Waals surface area contributed by atoms with Crippen LogP contribution in [0.4, 0.5) is 5.69 Å². The second-order valence-electron chi connectivity index (χ2n) is 3.90. The molecule has 1 aromatic rings. The van der Waals surface area contributed by atoms with Crippen LogP contribution in [0.5, 0.6) is 0 Å². The first-order valence-electron chi connectivity index (χ1n) is 6.44. The van der Waals surface area contributed by atoms with Crippen molar-refractivity contribution in [2.45, 2.75) is 13.8 Å². The molecule has 1 rings (SSSR count). The maximum atomic E-state index is 8.57. The largest absolute Gasteiger partial charge is 0.394 e. The summed E-state index contributed by atoms with van der Waals surface area (Å²) in [6, 6.07) is 8.48. The average Bonchev–Trinajstić information content (AvgIpc) is 2.41. The van der Waals surface area contributed by atoms with Crippen LogP contribution < -0.4 is 4.90 Å². The molecule has 0 atom stereocenters. The summed E-state index contributed by atoms with van der Waals surface area (Å²) >= 11 is 0. The normalized spacial score (nSPS) is 11.5. The minimum absolute atomic E-state index is 0.100. The van der Waals surface area contributed by atoms with Gasteiger partial charge < -0.3 is 10.0 Å². The Labute approximate surface area is 109 Å². The Morgan fingerprint density at radius 1 is 1.17 bits per heavy atom. The summed E-state index contributed by atoms with van der Waals surface area (Å²) in [7, 11) is 0. The minimum atomic E-state index is 0.100. The van der Waals surface area contributed by atoms with Crippen LogP contribution in [0.25, 0.3) is 6.08 Å². The van der Waals surface area contributed by atoms with Gasteiger partial charge in [0.05, 0.1) is 13.2 Å². The van der Waals surface area contributed by atoms with Crippen LogP contribution in [-0.2, 0) is 0 Å². The van der Waals surface area contributed by atoms with Crippen molar-refractivity contribution in [2.75, 3.05) is 31.1 Å². The van der Waals surface area contributed by atoms with Crippen LogP contribution in [0.15, 0.2) is 35.3 Å². The zero-order chi connectivity index (χ0) is 13.2. The monoisotopic (exact) mass is 246 g/mol. The number of hydrogen-bond acceptors (Lipinski definition) is 3. The summed E-state index contributed by atoms with van der Waals surface area (Å²) in [5, 5.41) is 8.57. The fourth-order valence-corrected chi connectivity index (χ4v) is 1.73. The van der Waals surface area contributed by atoms with Crippen molar-refractivity contribution >= 4 is 18.0 Å². The molecule has 0 amide bonds. The van der Waals surface area contributed by atoms with Gasteiger partial charge in [0.1, 0.15) is 0 Å². The fourth-order valence-electron chi connectivity index (χ4n) is 1.73. The lowest BCUT2D eigenvalue weighted by atomic mass is 10.2. The Hall–Kier alpha value is -1.61. The average molecular weight is 246 g/mol. The molecule has 1 N–H and O–H groups in total. The summed E-state index contributed by atoms with van der Waals surface area (Å²) in [6.45, 7) is 6.94. The van der Waals surface area contributed by atoms with E-state index in [4.69, 9.17) is 5.11 Å². The first kappa shape index (κ1) is 14.5. The predicted molar refractivity (Wildman–Crippen MR) is 79.5 cm³/mol. The first-order valence-corrected chi connectivity index (χ1v) is 6.44. The molecule has 3 nitrogen and oxygen atoms in total. The first-order chi connectivity index (χ1) is 8.81. The second-order valence-corrected chi connectivity index (χ2v) is 3.90. The Balaban J connectivity index is 2.60. The van der Waals surface area contributed by atoms with Crippen molar-refractivity contribution in [2.24, 2.45) is 4.99 Å². The number of allylic oxidation sites excluding steroid dienone is 1. The zero-order valence-corrected chi connectivity index (χ0v) is 11.2. The fraction of sp³-hybridized carbons (Fsp3) is 0.400. The maximum absolute atomic E-state index is 8.57. The number of anilines is 1. The molecular weight excluding hydrogens is 224 g/mol. The number of rotatable bonds is 7. The second kappa shape index (κ2) is 8.48. The van der Waals surface area contributed by atoms with E-state index in [0.717, 1.165) is 18.7 Å². The third-order valence-corrected chi connectivity index (χ3v) is 2.73. The number of aliphatic imine (C=N–C) groups is 1. The highest BCUT2D eigenvalue weighted by atomic mass is 16.3. The molecule has 0 radical (unpaired) electrons. The number of aliphatic hydroxyl groups excluding tert-OH is 1. The highest BCUT2D eigenvalue weighted by Crippen LogP contribution is 2.15. The summed E-state index contributed by atoms with van der Waals surface area (Å²) in [5.41, 5.74) is 2.41. The van der Waals surface area contributed by atoms with E-state index in [9.17, 15) is 0 Å². The lowest BCUT2D eigenvalue weighted by molar-refractivity contribution is 0.307. The van der Waals surface area contributed by atoms with Gasteiger partial charge in [-0.2, -0.15) is 0 Å². The van der Waals surface area contributed by atoms with Crippen LogP contribution in [0, 0.1) is 0 Å². The highest BCUT2D eigenvalue weighted by molar-refractivity contribution is 5.78. The van der Waals surface area contributed by atoms with Gasteiger partial charge in [-0.25, -0.2) is 0 Å². The van der Waals surface area contributed by atoms with Gasteiger partial charge in [0.2, 0.25) is 0 Å². The standard InChI is InChI=1S/C15H22N2O/c1-3-17(4-2)15-9-7-14(8-10-15)6-5-11-16-12-13-18/h5-11,18H,3-4,12-13H2,1-2H3/b6-5+,16-11?. The molecule has 0 fully saturated rings. The van der Waals surface area contributed by atoms with Crippen molar-refractivity contribution in [1.82, 2.24) is 0 Å². The van der Waals surface area contributed by atoms with Gasteiger partial charge >= 0.3 is 0 Å². The summed E-state index contributed by atoms with van der Waals surface area (Å²) in [5.74, 6) is 0. The lowest BCUT2D eigenvalue weighted by Gasteiger charge is -2.20. The molecule has 0 saturated carbocycles. The molecule has 0 spiro atoms. The number of benzene rings is 1. The Kier molecular flexibility index (Phi) is 6.81. The van der Waals surface area contributed by atoms with E-state index in [-0.39, 0.29) is 6.61 Å². The minimum Gasteiger partial charge on any atom is -0.394 e. The van der Waals surface area contributed by atoms with Gasteiger partial charge in [0.15, 0.2) is 0 Å². The molecule has 0 aliphatic rings. The molecular formula is C15H22N2O. The summed E-state index contributed by atoms with van der Waals surface area (Å²) in [4.78, 5) is 6.32. The number of aliphatic hydroxyl groups is 1. The Morgan fingerprint density at radius 3 is 2.39 bits per heavy atom. The lowest BCUT2D eigenvalue weighted by Crippen LogP contribution is -2.21. The van der Waals surface area contributed by atoms with Crippen molar-refractivity contribution in [3.05, 3.63) is 35.9 Å². The van der Waals surface area contributed by atoms with Crippen molar-refractivity contribution < 1.29 is 5.11 Å². The molecule has 0 bridgehead atoms. The molecule has 1 aromatic carbocycles. The molecule has 0 heterocycles. The van der Waals surface area contributed by atoms with E-state index >= 15 is 0 Å². The molecule has 98 valence electrons. The van der Waals surface area contributed by atoms with Gasteiger partial charge in [-0.3, -0.25) is 4.99 Å². The van der Waals surface area contributed by atoms with E-state index < -0.39 is 0 Å². The molecule has 0 aliphatic heterocycles. The van der Waals surface area contributed by atoms with E-state index in [2.05, 4.69) is 48.0 Å². The van der Waals surface area contributed by atoms with Gasteiger partial charge in [-0.15, -0.1) is 0 Å². The molecule has 0 aliphatic carbocycles. The number of hydrogen-bond donors (Lipinski definition) is 1. The molecule has 0 unspecified atom stereocenters. The van der Waals surface area contributed by atoms with Gasteiger partial charge in [0.25, 0.3) is 0 Å². The van der Waals surface area contributed by atoms with E-state index in [1.165, 1.54) is 5.69 Å². The third kappa shape index (κ3) is 4.72. The van der Waals surface area contributed by atoms with Crippen molar-refractivity contribution in [3.8, 4) is 0 Å². The maximum Gasteiger partial charge on any atom is 0.0626 e. The van der Waals surface area contributed by atoms with Gasteiger partial charge in [-0.05, 0) is 37.6 Å². The SMILES string of the molecule is CCN(CC)c1ccc(/C=C/C=NCCO)cc1. The van der Waals surface area contributed by atoms with Crippen LogP contribution in [0.2, 0.25) is 0 Å². The van der Waals surface area contributed by atoms with E-state index in [1.807, 2.05) is 12.2 Å². The van der Waals surface area contributed by atoms with E-state index in [1.54, 1.807) is 6.21 Å². The van der Waals surface area contributed by atoms with Gasteiger partial charge in [-0.1, -0.05) is 18.2 Å². The Bertz CT molecular complexity index is 378. The van der Waals surface area contributed by atoms with Crippen LogP contribution in [0.3, 0.4) is 0 Å². The van der Waals surface area contributed by atoms with Crippen LogP contribution >= 0.6 is 0 Å². The predicted octanol–water partition coefficient (Wildman–Crippen LogP) is 2.61. The molecule has 18 heavy (non-hydrogen) atoms. The number of nitrogens with zero attached hydrogens (tertiary/aromatic N) is 2. The van der Waals surface area contributed by atoms with Gasteiger partial charge in [0, 0.05) is 25.0 Å². The third-order valence-electron chi connectivity index (χ3n) is 2.73. The molecule has 0 aromatic heterocycles. The smallest absolute Gasteiger partial charge is 0.0626 e. The van der Waals surface area contributed by atoms with Crippen LogP contribution in [0.1, 0.15) is 19.4 Å². The summed E-state index contributed by atoms with van der Waals surface area (Å²) in [6.07, 6.45) is 5.61. The zero-order valence-electron chi connectivity index (χ0n) is 11.2. The van der Waals surface area contributed by atoms with Crippen molar-refractivity contribution in [1.29, 1.82) is 0 Å². The quantitative estimate of drug-likeness (QED) is 0.751. The Morgan fingerprint density at radius 2 is 1.83 bits per heavy atom. The molecule has 0 saturated heterocycles. The molecule has 3 heteroatoms. The van der Waals surface area contributed by atoms with Crippen LogP contribution in [-0.4, -0.2) is 37.6 Å². The highest BCUT2D eigenvalue weighted by Gasteiger charge is 1.99. The van der Waals surface area contributed by atoms with E-state index in [0.29, 0.717) is 6.54 Å².